The van der Waals surface area contributed by atoms with Gasteiger partial charge >= 0.3 is 0 Å². The molecule has 0 aliphatic carbocycles. The second-order valence-corrected chi connectivity index (χ2v) is 8.23. The van der Waals surface area contributed by atoms with Gasteiger partial charge in [-0.2, -0.15) is 0 Å². The first kappa shape index (κ1) is 22.7. The molecule has 1 heterocycles. The molecule has 2 aromatic carbocycles. The number of rotatable bonds is 10. The van der Waals surface area contributed by atoms with E-state index in [1.807, 2.05) is 49.1 Å². The zero-order valence-corrected chi connectivity index (χ0v) is 18.1. The summed E-state index contributed by atoms with van der Waals surface area (Å²) in [5.41, 5.74) is 2.39. The van der Waals surface area contributed by atoms with Crippen molar-refractivity contribution in [3.63, 3.8) is 0 Å². The van der Waals surface area contributed by atoms with Gasteiger partial charge in [0.05, 0.1) is 24.5 Å². The van der Waals surface area contributed by atoms with Gasteiger partial charge in [-0.05, 0) is 37.6 Å². The summed E-state index contributed by atoms with van der Waals surface area (Å²) in [5.74, 6) is -0.263. The second-order valence-electron chi connectivity index (χ2n) is 7.80. The molecule has 0 bridgehead atoms. The van der Waals surface area contributed by atoms with E-state index in [0.29, 0.717) is 36.6 Å². The highest BCUT2D eigenvalue weighted by molar-refractivity contribution is 6.30. The fraction of sp³-hybridized carbons (Fsp3) is 0.435. The molecule has 0 saturated heterocycles. The standard InChI is InChI=1S/C23H28ClFN2O3/c1-16(2)29-15-20(28)13-27(12-18-5-3-4-6-22(18)25)14-21-11-23(26-30-21)17-7-9-19(24)10-8-17/h3-10,16,20-21,28H,11-15H2,1-2H3/t20-,21-/m0/s1. The Kier molecular flexibility index (Phi) is 8.22. The number of oxime groups is 1. The third kappa shape index (κ3) is 6.77. The van der Waals surface area contributed by atoms with Crippen molar-refractivity contribution >= 4 is 17.3 Å². The van der Waals surface area contributed by atoms with Gasteiger partial charge in [0.1, 0.15) is 11.9 Å². The van der Waals surface area contributed by atoms with Crippen LogP contribution in [0.1, 0.15) is 31.4 Å². The fourth-order valence-electron chi connectivity index (χ4n) is 3.35. The summed E-state index contributed by atoms with van der Waals surface area (Å²) in [6.07, 6.45) is -0.195. The molecule has 0 fully saturated rings. The van der Waals surface area contributed by atoms with Crippen molar-refractivity contribution in [1.29, 1.82) is 0 Å². The van der Waals surface area contributed by atoms with Crippen LogP contribution in [0.15, 0.2) is 53.7 Å². The highest BCUT2D eigenvalue weighted by Crippen LogP contribution is 2.20. The highest BCUT2D eigenvalue weighted by Gasteiger charge is 2.26. The Bertz CT molecular complexity index is 845. The summed E-state index contributed by atoms with van der Waals surface area (Å²) < 4.78 is 19.7. The molecule has 1 aliphatic rings. The zero-order valence-electron chi connectivity index (χ0n) is 17.3. The van der Waals surface area contributed by atoms with Gasteiger partial charge < -0.3 is 14.7 Å². The van der Waals surface area contributed by atoms with E-state index >= 15 is 0 Å². The molecule has 2 aromatic rings. The van der Waals surface area contributed by atoms with Crippen LogP contribution in [0.2, 0.25) is 5.02 Å². The Labute approximate surface area is 182 Å². The molecule has 0 unspecified atom stereocenters. The van der Waals surface area contributed by atoms with Crippen LogP contribution in [0, 0.1) is 5.82 Å². The van der Waals surface area contributed by atoms with Gasteiger partial charge in [-0.15, -0.1) is 0 Å². The first-order chi connectivity index (χ1) is 14.4. The molecule has 0 amide bonds. The smallest absolute Gasteiger partial charge is 0.145 e. The van der Waals surface area contributed by atoms with E-state index in [1.165, 1.54) is 6.07 Å². The van der Waals surface area contributed by atoms with E-state index in [0.717, 1.165) is 11.3 Å². The topological polar surface area (TPSA) is 54.3 Å². The normalized spacial score (nSPS) is 17.3. The lowest BCUT2D eigenvalue weighted by Crippen LogP contribution is -2.39. The van der Waals surface area contributed by atoms with Crippen LogP contribution in [-0.2, 0) is 16.1 Å². The molecule has 5 nitrogen and oxygen atoms in total. The number of nitrogens with zero attached hydrogens (tertiary/aromatic N) is 2. The summed E-state index contributed by atoms with van der Waals surface area (Å²) in [6.45, 7) is 5.29. The van der Waals surface area contributed by atoms with Crippen LogP contribution in [0.25, 0.3) is 0 Å². The summed E-state index contributed by atoms with van der Waals surface area (Å²) in [4.78, 5) is 7.62. The minimum absolute atomic E-state index is 0.0353. The third-order valence-corrected chi connectivity index (χ3v) is 5.07. The van der Waals surface area contributed by atoms with Crippen LogP contribution in [0.3, 0.4) is 0 Å². The zero-order chi connectivity index (χ0) is 21.5. The molecule has 0 spiro atoms. The quantitative estimate of drug-likeness (QED) is 0.607. The van der Waals surface area contributed by atoms with Gasteiger partial charge in [-0.1, -0.05) is 47.1 Å². The minimum Gasteiger partial charge on any atom is -0.390 e. The SMILES string of the molecule is CC(C)OC[C@@H](O)CN(Cc1ccccc1F)C[C@@H]1CC(c2ccc(Cl)cc2)=NO1. The van der Waals surface area contributed by atoms with Gasteiger partial charge in [0, 0.05) is 36.6 Å². The Morgan fingerprint density at radius 2 is 1.97 bits per heavy atom. The van der Waals surface area contributed by atoms with Gasteiger partial charge in [0.15, 0.2) is 0 Å². The van der Waals surface area contributed by atoms with E-state index < -0.39 is 6.10 Å². The lowest BCUT2D eigenvalue weighted by Gasteiger charge is -2.27. The molecular formula is C23H28ClFN2O3. The Morgan fingerprint density at radius 1 is 1.23 bits per heavy atom. The number of ether oxygens (including phenoxy) is 1. The van der Waals surface area contributed by atoms with Gasteiger partial charge in [0.25, 0.3) is 0 Å². The van der Waals surface area contributed by atoms with E-state index in [4.69, 9.17) is 21.2 Å². The summed E-state index contributed by atoms with van der Waals surface area (Å²) in [5, 5.41) is 15.3. The molecule has 0 radical (unpaired) electrons. The maximum Gasteiger partial charge on any atom is 0.145 e. The summed E-state index contributed by atoms with van der Waals surface area (Å²) >= 11 is 5.96. The molecule has 2 atom stereocenters. The number of hydrogen-bond donors (Lipinski definition) is 1. The molecule has 7 heteroatoms. The number of aliphatic hydroxyl groups excluding tert-OH is 1. The van der Waals surface area contributed by atoms with Gasteiger partial charge in [-0.3, -0.25) is 4.90 Å². The van der Waals surface area contributed by atoms with Crippen LogP contribution >= 0.6 is 11.6 Å². The average molecular weight is 435 g/mol. The Morgan fingerprint density at radius 3 is 2.67 bits per heavy atom. The fourth-order valence-corrected chi connectivity index (χ4v) is 3.48. The molecule has 0 saturated carbocycles. The van der Waals surface area contributed by atoms with Crippen LogP contribution in [-0.4, -0.2) is 53.7 Å². The molecule has 3 rings (SSSR count). The predicted molar refractivity (Wildman–Crippen MR) is 116 cm³/mol. The van der Waals surface area contributed by atoms with E-state index in [9.17, 15) is 9.50 Å². The molecule has 1 aliphatic heterocycles. The number of halogens is 2. The molecule has 0 aromatic heterocycles. The number of benzene rings is 2. The van der Waals surface area contributed by atoms with Gasteiger partial charge in [0.2, 0.25) is 0 Å². The highest BCUT2D eigenvalue weighted by atomic mass is 35.5. The molecule has 162 valence electrons. The van der Waals surface area contributed by atoms with E-state index in [-0.39, 0.29) is 24.6 Å². The first-order valence-corrected chi connectivity index (χ1v) is 10.5. The second kappa shape index (κ2) is 10.9. The van der Waals surface area contributed by atoms with Crippen molar-refractivity contribution in [2.75, 3.05) is 19.7 Å². The first-order valence-electron chi connectivity index (χ1n) is 10.1. The monoisotopic (exact) mass is 434 g/mol. The molecule has 30 heavy (non-hydrogen) atoms. The Hall–Kier alpha value is -1.99. The van der Waals surface area contributed by atoms with Crippen LogP contribution in [0.5, 0.6) is 0 Å². The molecule has 1 N–H and O–H groups in total. The maximum absolute atomic E-state index is 14.2. The van der Waals surface area contributed by atoms with Crippen molar-refractivity contribution in [1.82, 2.24) is 4.90 Å². The van der Waals surface area contributed by atoms with E-state index in [2.05, 4.69) is 5.16 Å². The number of aliphatic hydroxyl groups is 1. The molecular weight excluding hydrogens is 407 g/mol. The number of hydrogen-bond acceptors (Lipinski definition) is 5. The lowest BCUT2D eigenvalue weighted by molar-refractivity contribution is -0.0196. The van der Waals surface area contributed by atoms with Crippen molar-refractivity contribution in [2.45, 2.75) is 45.1 Å². The van der Waals surface area contributed by atoms with Crippen molar-refractivity contribution in [2.24, 2.45) is 5.16 Å². The summed E-state index contributed by atoms with van der Waals surface area (Å²) in [7, 11) is 0. The van der Waals surface area contributed by atoms with Crippen molar-refractivity contribution in [3.05, 3.63) is 70.5 Å². The lowest BCUT2D eigenvalue weighted by atomic mass is 10.0. The summed E-state index contributed by atoms with van der Waals surface area (Å²) in [6, 6.07) is 14.1. The van der Waals surface area contributed by atoms with Crippen LogP contribution < -0.4 is 0 Å². The van der Waals surface area contributed by atoms with Crippen LogP contribution in [0.4, 0.5) is 4.39 Å². The third-order valence-electron chi connectivity index (χ3n) is 4.81. The van der Waals surface area contributed by atoms with E-state index in [1.54, 1.807) is 12.1 Å². The minimum atomic E-state index is -0.683. The maximum atomic E-state index is 14.2. The van der Waals surface area contributed by atoms with Crippen molar-refractivity contribution in [3.8, 4) is 0 Å². The largest absolute Gasteiger partial charge is 0.390 e. The predicted octanol–water partition coefficient (Wildman–Crippen LogP) is 4.26. The van der Waals surface area contributed by atoms with Gasteiger partial charge in [-0.25, -0.2) is 4.39 Å². The Balaban J connectivity index is 1.63. The average Bonchev–Trinajstić information content (AvgIpc) is 3.17. The van der Waals surface area contributed by atoms with Crippen molar-refractivity contribution < 1.29 is 19.1 Å².